The van der Waals surface area contributed by atoms with Crippen molar-refractivity contribution in [1.29, 1.82) is 0 Å². The summed E-state index contributed by atoms with van der Waals surface area (Å²) in [6, 6.07) is 4.81. The van der Waals surface area contributed by atoms with Gasteiger partial charge in [0.15, 0.2) is 0 Å². The van der Waals surface area contributed by atoms with Crippen LogP contribution in [0.4, 0.5) is 23.0 Å². The molecule has 2 N–H and O–H groups in total. The summed E-state index contributed by atoms with van der Waals surface area (Å²) in [5.74, 6) is -0.258. The van der Waals surface area contributed by atoms with Gasteiger partial charge in [-0.25, -0.2) is 0 Å². The number of carbonyl (C=O) groups excluding carboxylic acids is 1. The van der Waals surface area contributed by atoms with Gasteiger partial charge in [0.05, 0.1) is 10.7 Å². The van der Waals surface area contributed by atoms with Crippen LogP contribution in [0, 0.1) is 10.1 Å². The predicted octanol–water partition coefficient (Wildman–Crippen LogP) is 3.66. The number of thiazole rings is 1. The molecule has 1 amide bonds. The Morgan fingerprint density at radius 1 is 1.48 bits per heavy atom. The number of rotatable bonds is 4. The van der Waals surface area contributed by atoms with Crippen LogP contribution in [0.3, 0.4) is 0 Å². The number of nitrogens with zero attached hydrogens (tertiary/aromatic N) is 3. The fourth-order valence-corrected chi connectivity index (χ4v) is 2.99. The summed E-state index contributed by atoms with van der Waals surface area (Å²) in [7, 11) is 0. The van der Waals surface area contributed by atoms with E-state index in [1.165, 1.54) is 22.7 Å². The third-order valence-electron chi connectivity index (χ3n) is 2.95. The maximum atomic E-state index is 11.3. The molecule has 0 saturated carbocycles. The number of hydrogen-bond acceptors (Lipinski definition) is 6. The SMILES string of the molecule is CC(=O)Nc1ccc(Nc2nc3sccn3c2[N+](=O)[O-])cc1Cl. The van der Waals surface area contributed by atoms with E-state index in [1.807, 2.05) is 0 Å². The summed E-state index contributed by atoms with van der Waals surface area (Å²) in [6.07, 6.45) is 1.59. The van der Waals surface area contributed by atoms with Gasteiger partial charge in [-0.15, -0.1) is 0 Å². The number of carbonyl (C=O) groups is 1. The number of anilines is 3. The summed E-state index contributed by atoms with van der Waals surface area (Å²) < 4.78 is 1.40. The van der Waals surface area contributed by atoms with E-state index in [0.717, 1.165) is 0 Å². The maximum Gasteiger partial charge on any atom is 0.373 e. The summed E-state index contributed by atoms with van der Waals surface area (Å²) in [5.41, 5.74) is 0.989. The first-order valence-corrected chi connectivity index (χ1v) is 7.65. The molecule has 3 aromatic rings. The molecule has 118 valence electrons. The van der Waals surface area contributed by atoms with Gasteiger partial charge in [0.25, 0.3) is 4.96 Å². The van der Waals surface area contributed by atoms with Crippen LogP contribution >= 0.6 is 22.9 Å². The highest BCUT2D eigenvalue weighted by Crippen LogP contribution is 2.32. The molecule has 0 aliphatic rings. The third-order valence-corrected chi connectivity index (χ3v) is 4.02. The Kier molecular flexibility index (Phi) is 3.89. The molecule has 23 heavy (non-hydrogen) atoms. The van der Waals surface area contributed by atoms with Gasteiger partial charge in [0, 0.05) is 18.0 Å². The Bertz CT molecular complexity index is 920. The van der Waals surface area contributed by atoms with E-state index < -0.39 is 4.92 Å². The van der Waals surface area contributed by atoms with Crippen molar-refractivity contribution in [3.63, 3.8) is 0 Å². The minimum atomic E-state index is -0.498. The number of halogens is 1. The monoisotopic (exact) mass is 351 g/mol. The fraction of sp³-hybridized carbons (Fsp3) is 0.0769. The number of amides is 1. The lowest BCUT2D eigenvalue weighted by atomic mass is 10.2. The van der Waals surface area contributed by atoms with Crippen molar-refractivity contribution in [2.45, 2.75) is 6.92 Å². The quantitative estimate of drug-likeness (QED) is 0.551. The number of hydrogen-bond donors (Lipinski definition) is 2. The van der Waals surface area contributed by atoms with Gasteiger partial charge >= 0.3 is 5.82 Å². The van der Waals surface area contributed by atoms with Gasteiger partial charge in [0.1, 0.15) is 6.20 Å². The van der Waals surface area contributed by atoms with Gasteiger partial charge in [-0.1, -0.05) is 22.9 Å². The molecule has 8 nitrogen and oxygen atoms in total. The molecule has 3 rings (SSSR count). The van der Waals surface area contributed by atoms with Crippen molar-refractivity contribution < 1.29 is 9.72 Å². The predicted molar refractivity (Wildman–Crippen MR) is 88.8 cm³/mol. The number of imidazole rings is 1. The van der Waals surface area contributed by atoms with Crippen LogP contribution < -0.4 is 10.6 Å². The Morgan fingerprint density at radius 3 is 2.91 bits per heavy atom. The smallest absolute Gasteiger partial charge is 0.358 e. The van der Waals surface area contributed by atoms with E-state index in [2.05, 4.69) is 15.6 Å². The average molecular weight is 352 g/mol. The Morgan fingerprint density at radius 2 is 2.26 bits per heavy atom. The lowest BCUT2D eigenvalue weighted by molar-refractivity contribution is -0.389. The van der Waals surface area contributed by atoms with Gasteiger partial charge in [-0.05, 0) is 23.1 Å². The molecule has 0 unspecified atom stereocenters. The van der Waals surface area contributed by atoms with Crippen molar-refractivity contribution in [1.82, 2.24) is 9.38 Å². The van der Waals surface area contributed by atoms with E-state index in [9.17, 15) is 14.9 Å². The number of aromatic nitrogens is 2. The van der Waals surface area contributed by atoms with Gasteiger partial charge in [0.2, 0.25) is 11.7 Å². The molecular formula is C13H10ClN5O3S. The summed E-state index contributed by atoms with van der Waals surface area (Å²) in [5, 5.41) is 18.8. The molecule has 0 saturated heterocycles. The standard InChI is InChI=1S/C13H10ClN5O3S/c1-7(20)15-10-3-2-8(6-9(10)14)16-11-12(19(21)22)18-4-5-23-13(18)17-11/h2-6,16H,1H3,(H,15,20). The van der Waals surface area contributed by atoms with Crippen molar-refractivity contribution in [3.8, 4) is 0 Å². The lowest BCUT2D eigenvalue weighted by Crippen LogP contribution is -2.06. The highest BCUT2D eigenvalue weighted by atomic mass is 35.5. The molecule has 1 aromatic carbocycles. The van der Waals surface area contributed by atoms with Crippen molar-refractivity contribution >= 4 is 56.8 Å². The zero-order chi connectivity index (χ0) is 16.6. The second-order valence-electron chi connectivity index (χ2n) is 4.60. The topological polar surface area (TPSA) is 102 Å². The number of fused-ring (bicyclic) bond motifs is 1. The van der Waals surface area contributed by atoms with E-state index in [-0.39, 0.29) is 17.5 Å². The number of nitrogens with one attached hydrogen (secondary N) is 2. The van der Waals surface area contributed by atoms with Crippen LogP contribution in [0.15, 0.2) is 29.8 Å². The normalized spacial score (nSPS) is 10.7. The van der Waals surface area contributed by atoms with Crippen molar-refractivity contribution in [2.75, 3.05) is 10.6 Å². The third kappa shape index (κ3) is 2.96. The molecule has 0 fully saturated rings. The van der Waals surface area contributed by atoms with Crippen LogP contribution in [0.25, 0.3) is 4.96 Å². The Labute approximate surface area is 138 Å². The van der Waals surface area contributed by atoms with Gasteiger partial charge < -0.3 is 20.7 Å². The Balaban J connectivity index is 1.94. The summed E-state index contributed by atoms with van der Waals surface area (Å²) in [4.78, 5) is 26.5. The molecular weight excluding hydrogens is 342 g/mol. The van der Waals surface area contributed by atoms with Crippen LogP contribution in [0.2, 0.25) is 5.02 Å². The van der Waals surface area contributed by atoms with E-state index in [4.69, 9.17) is 11.6 Å². The molecule has 0 aliphatic carbocycles. The first kappa shape index (κ1) is 15.3. The molecule has 0 radical (unpaired) electrons. The van der Waals surface area contributed by atoms with Crippen LogP contribution in [-0.2, 0) is 4.79 Å². The van der Waals surface area contributed by atoms with Crippen molar-refractivity contribution in [3.05, 3.63) is 44.9 Å². The second kappa shape index (κ2) is 5.86. The largest absolute Gasteiger partial charge is 0.373 e. The Hall–Kier alpha value is -2.65. The first-order valence-electron chi connectivity index (χ1n) is 6.40. The number of nitro groups is 1. The van der Waals surface area contributed by atoms with Crippen LogP contribution in [0.1, 0.15) is 6.92 Å². The minimum Gasteiger partial charge on any atom is -0.358 e. The zero-order valence-corrected chi connectivity index (χ0v) is 13.3. The van der Waals surface area contributed by atoms with E-state index in [0.29, 0.717) is 21.4 Å². The molecule has 10 heteroatoms. The average Bonchev–Trinajstić information content (AvgIpc) is 3.01. The summed E-state index contributed by atoms with van der Waals surface area (Å²) >= 11 is 7.38. The van der Waals surface area contributed by atoms with Crippen LogP contribution in [0.5, 0.6) is 0 Å². The second-order valence-corrected chi connectivity index (χ2v) is 5.88. The van der Waals surface area contributed by atoms with Crippen molar-refractivity contribution in [2.24, 2.45) is 0 Å². The van der Waals surface area contributed by atoms with E-state index >= 15 is 0 Å². The first-order chi connectivity index (χ1) is 11.0. The minimum absolute atomic E-state index is 0.130. The molecule has 0 aliphatic heterocycles. The zero-order valence-electron chi connectivity index (χ0n) is 11.7. The van der Waals surface area contributed by atoms with Gasteiger partial charge in [-0.3, -0.25) is 4.79 Å². The molecule has 2 heterocycles. The highest BCUT2D eigenvalue weighted by Gasteiger charge is 2.23. The number of benzene rings is 1. The molecule has 0 spiro atoms. The maximum absolute atomic E-state index is 11.3. The van der Waals surface area contributed by atoms with Gasteiger partial charge in [-0.2, -0.15) is 9.38 Å². The summed E-state index contributed by atoms with van der Waals surface area (Å²) in [6.45, 7) is 1.38. The molecule has 0 bridgehead atoms. The molecule has 0 atom stereocenters. The lowest BCUT2D eigenvalue weighted by Gasteiger charge is -2.08. The molecule has 2 aromatic heterocycles. The van der Waals surface area contributed by atoms with E-state index in [1.54, 1.807) is 29.8 Å². The fourth-order valence-electron chi connectivity index (χ4n) is 2.05. The highest BCUT2D eigenvalue weighted by molar-refractivity contribution is 7.15. The van der Waals surface area contributed by atoms with Crippen LogP contribution in [-0.4, -0.2) is 20.2 Å².